The molecular weight excluding hydrogens is 426 g/mol. The maximum atomic E-state index is 13.3. The molecule has 1 fully saturated rings. The van der Waals surface area contributed by atoms with Crippen LogP contribution in [0.2, 0.25) is 5.02 Å². The van der Waals surface area contributed by atoms with Crippen molar-refractivity contribution in [1.29, 1.82) is 0 Å². The van der Waals surface area contributed by atoms with E-state index >= 15 is 0 Å². The zero-order valence-electron chi connectivity index (χ0n) is 18.8. The Morgan fingerprint density at radius 3 is 2.16 bits per heavy atom. The number of hydrogen-bond acceptors (Lipinski definition) is 3. The number of fused-ring (bicyclic) bond motifs is 1. The first-order valence-electron chi connectivity index (χ1n) is 10.5. The van der Waals surface area contributed by atoms with Crippen LogP contribution in [0.3, 0.4) is 0 Å². The number of carbonyl (C=O) groups is 3. The van der Waals surface area contributed by atoms with Gasteiger partial charge in [0.05, 0.1) is 0 Å². The molecule has 1 atom stereocenters. The lowest BCUT2D eigenvalue weighted by Crippen LogP contribution is -2.58. The number of nitrogens with zero attached hydrogens (tertiary/aromatic N) is 2. The third-order valence-electron chi connectivity index (χ3n) is 6.26. The molecule has 1 unspecified atom stereocenters. The van der Waals surface area contributed by atoms with Gasteiger partial charge in [0.1, 0.15) is 5.92 Å². The van der Waals surface area contributed by atoms with Gasteiger partial charge in [-0.05, 0) is 40.3 Å². The monoisotopic (exact) mass is 451 g/mol. The van der Waals surface area contributed by atoms with Gasteiger partial charge in [0.15, 0.2) is 0 Å². The second-order valence-corrected chi connectivity index (χ2v) is 9.72. The molecule has 3 aromatic rings. The topological polar surface area (TPSA) is 73.5 Å². The summed E-state index contributed by atoms with van der Waals surface area (Å²) in [6.07, 6.45) is 1.84. The predicted molar refractivity (Wildman–Crippen MR) is 125 cm³/mol. The zero-order valence-corrected chi connectivity index (χ0v) is 19.5. The quantitative estimate of drug-likeness (QED) is 0.574. The van der Waals surface area contributed by atoms with Gasteiger partial charge in [-0.1, -0.05) is 56.6 Å². The van der Waals surface area contributed by atoms with E-state index in [2.05, 4.69) is 37.9 Å². The zero-order chi connectivity index (χ0) is 23.4. The Morgan fingerprint density at radius 2 is 1.56 bits per heavy atom. The number of H-pyrrole nitrogens is 1. The number of barbiturate groups is 1. The molecule has 4 rings (SSSR count). The minimum atomic E-state index is -1.11. The molecule has 7 heteroatoms. The van der Waals surface area contributed by atoms with Crippen LogP contribution in [0.1, 0.15) is 43.4 Å². The van der Waals surface area contributed by atoms with Crippen LogP contribution >= 0.6 is 11.6 Å². The van der Waals surface area contributed by atoms with Crippen LogP contribution in [0.25, 0.3) is 10.9 Å². The molecule has 1 aliphatic heterocycles. The molecule has 1 aromatic heterocycles. The van der Waals surface area contributed by atoms with Gasteiger partial charge >= 0.3 is 6.03 Å². The third-order valence-corrected chi connectivity index (χ3v) is 6.60. The minimum absolute atomic E-state index is 0.0774. The molecular formula is C25H26ClN3O3. The molecule has 0 aliphatic carbocycles. The fraction of sp³-hybridized carbons (Fsp3) is 0.320. The maximum Gasteiger partial charge on any atom is 0.332 e. The summed E-state index contributed by atoms with van der Waals surface area (Å²) in [4.78, 5) is 44.2. The molecule has 32 heavy (non-hydrogen) atoms. The number of amides is 4. The van der Waals surface area contributed by atoms with Gasteiger partial charge in [-0.2, -0.15) is 0 Å². The molecule has 6 nitrogen and oxygen atoms in total. The highest BCUT2D eigenvalue weighted by Gasteiger charge is 2.48. The van der Waals surface area contributed by atoms with Crippen molar-refractivity contribution in [2.75, 3.05) is 14.1 Å². The number of carbonyl (C=O) groups excluding carboxylic acids is 3. The second kappa shape index (κ2) is 7.78. The fourth-order valence-electron chi connectivity index (χ4n) is 4.34. The lowest BCUT2D eigenvalue weighted by Gasteiger charge is -2.37. The van der Waals surface area contributed by atoms with E-state index in [0.29, 0.717) is 10.6 Å². The number of imide groups is 2. The molecule has 0 spiro atoms. The van der Waals surface area contributed by atoms with Crippen LogP contribution in [0, 0.1) is 5.92 Å². The molecule has 1 aliphatic rings. The van der Waals surface area contributed by atoms with Crippen molar-refractivity contribution < 1.29 is 14.4 Å². The van der Waals surface area contributed by atoms with Crippen molar-refractivity contribution >= 4 is 40.3 Å². The normalized spacial score (nSPS) is 16.9. The molecule has 166 valence electrons. The Labute approximate surface area is 192 Å². The Morgan fingerprint density at radius 1 is 0.938 bits per heavy atom. The van der Waals surface area contributed by atoms with Gasteiger partial charge in [-0.25, -0.2) is 4.79 Å². The van der Waals surface area contributed by atoms with Crippen molar-refractivity contribution in [3.8, 4) is 0 Å². The van der Waals surface area contributed by atoms with Gasteiger partial charge in [-0.15, -0.1) is 0 Å². The summed E-state index contributed by atoms with van der Waals surface area (Å²) in [5.41, 5.74) is 3.42. The summed E-state index contributed by atoms with van der Waals surface area (Å²) >= 11 is 6.58. The number of aromatic nitrogens is 1. The van der Waals surface area contributed by atoms with Gasteiger partial charge in [0, 0.05) is 42.1 Å². The average Bonchev–Trinajstić information content (AvgIpc) is 3.17. The van der Waals surface area contributed by atoms with Crippen LogP contribution in [-0.2, 0) is 15.0 Å². The Balaban J connectivity index is 1.98. The number of rotatable bonds is 3. The number of urea groups is 1. The average molecular weight is 452 g/mol. The Hall–Kier alpha value is -3.12. The highest BCUT2D eigenvalue weighted by atomic mass is 35.5. The number of hydrogen-bond donors (Lipinski definition) is 1. The largest absolute Gasteiger partial charge is 0.361 e. The highest BCUT2D eigenvalue weighted by molar-refractivity contribution is 6.31. The standard InChI is InChI=1S/C25H26ClN3O3/c1-25(2,3)14-10-11-19-16(12-14)17(13-27-19)20(15-8-6-7-9-18(15)26)21-22(30)28(4)24(32)29(5)23(21)31/h6-13,20-21,27H,1-5H3. The molecule has 0 bridgehead atoms. The molecule has 0 saturated carbocycles. The summed E-state index contributed by atoms with van der Waals surface area (Å²) in [7, 11) is 2.80. The lowest BCUT2D eigenvalue weighted by atomic mass is 9.77. The second-order valence-electron chi connectivity index (χ2n) is 9.31. The van der Waals surface area contributed by atoms with Crippen LogP contribution in [0.4, 0.5) is 4.79 Å². The molecule has 2 aromatic carbocycles. The van der Waals surface area contributed by atoms with E-state index in [0.717, 1.165) is 31.8 Å². The van der Waals surface area contributed by atoms with Gasteiger partial charge in [0.25, 0.3) is 0 Å². The van der Waals surface area contributed by atoms with Crippen molar-refractivity contribution in [3.63, 3.8) is 0 Å². The number of nitrogens with one attached hydrogen (secondary N) is 1. The lowest BCUT2D eigenvalue weighted by molar-refractivity contribution is -0.148. The van der Waals surface area contributed by atoms with E-state index in [1.807, 2.05) is 30.5 Å². The molecule has 0 radical (unpaired) electrons. The molecule has 1 N–H and O–H groups in total. The minimum Gasteiger partial charge on any atom is -0.361 e. The number of benzene rings is 2. The van der Waals surface area contributed by atoms with Gasteiger partial charge in [0.2, 0.25) is 11.8 Å². The van der Waals surface area contributed by atoms with Crippen molar-refractivity contribution in [2.45, 2.75) is 32.1 Å². The fourth-order valence-corrected chi connectivity index (χ4v) is 4.59. The van der Waals surface area contributed by atoms with Crippen molar-refractivity contribution in [2.24, 2.45) is 5.92 Å². The van der Waals surface area contributed by atoms with Crippen LogP contribution < -0.4 is 0 Å². The highest BCUT2D eigenvalue weighted by Crippen LogP contribution is 2.42. The number of halogens is 1. The van der Waals surface area contributed by atoms with Crippen LogP contribution in [0.5, 0.6) is 0 Å². The predicted octanol–water partition coefficient (Wildman–Crippen LogP) is 4.92. The van der Waals surface area contributed by atoms with E-state index < -0.39 is 29.7 Å². The summed E-state index contributed by atoms with van der Waals surface area (Å²) in [5.74, 6) is -2.85. The Bertz CT molecular complexity index is 1220. The van der Waals surface area contributed by atoms with E-state index in [1.54, 1.807) is 6.07 Å². The summed E-state index contributed by atoms with van der Waals surface area (Å²) in [6.45, 7) is 6.40. The first kappa shape index (κ1) is 22.1. The smallest absolute Gasteiger partial charge is 0.332 e. The summed E-state index contributed by atoms with van der Waals surface area (Å²) < 4.78 is 0. The molecule has 1 saturated heterocycles. The SMILES string of the molecule is CN1C(=O)C(C(c2ccccc2Cl)c2c[nH]c3ccc(C(C)(C)C)cc23)C(=O)N(C)C1=O. The Kier molecular flexibility index (Phi) is 5.37. The first-order valence-corrected chi connectivity index (χ1v) is 10.8. The van der Waals surface area contributed by atoms with Gasteiger partial charge in [-0.3, -0.25) is 19.4 Å². The number of aromatic amines is 1. The third kappa shape index (κ3) is 3.48. The van der Waals surface area contributed by atoms with Crippen LogP contribution in [0.15, 0.2) is 48.7 Å². The molecule has 4 amide bonds. The molecule has 2 heterocycles. The van der Waals surface area contributed by atoms with E-state index in [4.69, 9.17) is 11.6 Å². The van der Waals surface area contributed by atoms with E-state index in [1.165, 1.54) is 14.1 Å². The van der Waals surface area contributed by atoms with Crippen molar-refractivity contribution in [3.05, 3.63) is 70.4 Å². The van der Waals surface area contributed by atoms with E-state index in [-0.39, 0.29) is 5.41 Å². The first-order chi connectivity index (χ1) is 15.0. The van der Waals surface area contributed by atoms with Crippen LogP contribution in [-0.4, -0.2) is 46.7 Å². The summed E-state index contributed by atoms with van der Waals surface area (Å²) in [6, 6.07) is 12.8. The van der Waals surface area contributed by atoms with Crippen molar-refractivity contribution in [1.82, 2.24) is 14.8 Å². The summed E-state index contributed by atoms with van der Waals surface area (Å²) in [5, 5.41) is 1.38. The van der Waals surface area contributed by atoms with E-state index in [9.17, 15) is 14.4 Å². The maximum absolute atomic E-state index is 13.3. The van der Waals surface area contributed by atoms with Gasteiger partial charge < -0.3 is 4.98 Å².